The van der Waals surface area contributed by atoms with Crippen LogP contribution in [-0.4, -0.2) is 17.5 Å². The van der Waals surface area contributed by atoms with Gasteiger partial charge in [-0.2, -0.15) is 0 Å². The van der Waals surface area contributed by atoms with Gasteiger partial charge >= 0.3 is 0 Å². The molecule has 22 heavy (non-hydrogen) atoms. The van der Waals surface area contributed by atoms with Gasteiger partial charge in [0.1, 0.15) is 0 Å². The van der Waals surface area contributed by atoms with Crippen molar-refractivity contribution in [1.29, 1.82) is 0 Å². The molecule has 0 saturated heterocycles. The minimum atomic E-state index is -0.416. The van der Waals surface area contributed by atoms with Crippen molar-refractivity contribution >= 4 is 5.91 Å². The fourth-order valence-electron chi connectivity index (χ4n) is 1.86. The second-order valence-corrected chi connectivity index (χ2v) is 4.72. The van der Waals surface area contributed by atoms with Gasteiger partial charge in [0.05, 0.1) is 6.61 Å². The van der Waals surface area contributed by atoms with Gasteiger partial charge in [0.2, 0.25) is 11.5 Å². The first-order valence-corrected chi connectivity index (χ1v) is 6.97. The molecule has 0 aliphatic heterocycles. The lowest BCUT2D eigenvalue weighted by Gasteiger charge is -2.07. The molecular formula is C16H17FN2O3. The van der Waals surface area contributed by atoms with Gasteiger partial charge in [-0.25, -0.2) is 4.39 Å². The van der Waals surface area contributed by atoms with E-state index in [0.29, 0.717) is 13.0 Å². The molecule has 0 saturated carbocycles. The van der Waals surface area contributed by atoms with Crippen LogP contribution in [0.3, 0.4) is 0 Å². The first kappa shape index (κ1) is 15.8. The largest absolute Gasteiger partial charge is 0.491 e. The summed E-state index contributed by atoms with van der Waals surface area (Å²) in [6.45, 7) is 0.566. The minimum Gasteiger partial charge on any atom is -0.491 e. The first-order valence-electron chi connectivity index (χ1n) is 6.97. The maximum atomic E-state index is 13.3. The van der Waals surface area contributed by atoms with Gasteiger partial charge in [0, 0.05) is 25.2 Å². The maximum Gasteiger partial charge on any atom is 0.248 e. The van der Waals surface area contributed by atoms with E-state index in [1.807, 2.05) is 0 Å². The number of pyridine rings is 1. The van der Waals surface area contributed by atoms with Crippen molar-refractivity contribution in [3.63, 3.8) is 0 Å². The van der Waals surface area contributed by atoms with Crippen LogP contribution in [0.15, 0.2) is 47.4 Å². The molecule has 0 spiro atoms. The molecule has 0 aliphatic rings. The van der Waals surface area contributed by atoms with Crippen molar-refractivity contribution in [2.45, 2.75) is 19.4 Å². The van der Waals surface area contributed by atoms with Crippen molar-refractivity contribution in [1.82, 2.24) is 10.3 Å². The summed E-state index contributed by atoms with van der Waals surface area (Å²) in [7, 11) is 0. The van der Waals surface area contributed by atoms with Crippen LogP contribution in [0.1, 0.15) is 18.4 Å². The number of hydrogen-bond acceptors (Lipinski definition) is 3. The van der Waals surface area contributed by atoms with Crippen molar-refractivity contribution in [2.24, 2.45) is 0 Å². The van der Waals surface area contributed by atoms with Crippen molar-refractivity contribution in [2.75, 3.05) is 6.61 Å². The second kappa shape index (κ2) is 7.97. The van der Waals surface area contributed by atoms with Crippen LogP contribution in [0.2, 0.25) is 0 Å². The number of aromatic nitrogens is 1. The number of carbonyl (C=O) groups excluding carboxylic acids is 1. The van der Waals surface area contributed by atoms with Crippen LogP contribution in [0.5, 0.6) is 5.75 Å². The highest BCUT2D eigenvalue weighted by Crippen LogP contribution is 2.15. The van der Waals surface area contributed by atoms with E-state index in [9.17, 15) is 14.0 Å². The van der Waals surface area contributed by atoms with Gasteiger partial charge in [-0.3, -0.25) is 9.59 Å². The lowest BCUT2D eigenvalue weighted by Crippen LogP contribution is -2.23. The molecule has 6 heteroatoms. The zero-order chi connectivity index (χ0) is 15.8. The number of halogens is 1. The van der Waals surface area contributed by atoms with Crippen LogP contribution < -0.4 is 15.6 Å². The molecule has 1 amide bonds. The summed E-state index contributed by atoms with van der Waals surface area (Å²) in [5.74, 6) is -0.370. The zero-order valence-electron chi connectivity index (χ0n) is 12.0. The van der Waals surface area contributed by atoms with E-state index in [-0.39, 0.29) is 30.2 Å². The number of nitrogens with one attached hydrogen (secondary N) is 2. The number of ether oxygens (including phenoxy) is 1. The number of carbonyl (C=O) groups is 1. The highest BCUT2D eigenvalue weighted by atomic mass is 19.1. The summed E-state index contributed by atoms with van der Waals surface area (Å²) in [6, 6.07) is 9.30. The summed E-state index contributed by atoms with van der Waals surface area (Å²) in [5, 5.41) is 2.71. The number of para-hydroxylation sites is 1. The molecule has 0 fully saturated rings. The van der Waals surface area contributed by atoms with E-state index in [1.165, 1.54) is 18.3 Å². The Kier molecular flexibility index (Phi) is 5.71. The molecule has 0 unspecified atom stereocenters. The molecule has 0 atom stereocenters. The lowest BCUT2D eigenvalue weighted by molar-refractivity contribution is -0.121. The molecule has 0 bridgehead atoms. The first-order chi connectivity index (χ1) is 10.6. The molecule has 1 aromatic carbocycles. The van der Waals surface area contributed by atoms with E-state index >= 15 is 0 Å². The Morgan fingerprint density at radius 2 is 2.09 bits per heavy atom. The van der Waals surface area contributed by atoms with Gasteiger partial charge < -0.3 is 15.0 Å². The third-order valence-corrected chi connectivity index (χ3v) is 2.97. The smallest absolute Gasteiger partial charge is 0.248 e. The molecule has 1 aromatic heterocycles. The van der Waals surface area contributed by atoms with Crippen LogP contribution in [0.25, 0.3) is 0 Å². The molecule has 0 aliphatic carbocycles. The highest BCUT2D eigenvalue weighted by molar-refractivity contribution is 5.75. The quantitative estimate of drug-likeness (QED) is 0.768. The summed E-state index contributed by atoms with van der Waals surface area (Å²) < 4.78 is 18.5. The normalized spacial score (nSPS) is 10.2. The van der Waals surface area contributed by atoms with E-state index in [4.69, 9.17) is 4.74 Å². The number of aromatic amines is 1. The molecule has 2 N–H and O–H groups in total. The van der Waals surface area contributed by atoms with E-state index in [2.05, 4.69) is 10.3 Å². The fraction of sp³-hybridized carbons (Fsp3) is 0.250. The Bertz CT molecular complexity index is 685. The topological polar surface area (TPSA) is 71.2 Å². The van der Waals surface area contributed by atoms with Crippen LogP contribution in [0, 0.1) is 5.82 Å². The third-order valence-electron chi connectivity index (χ3n) is 2.97. The summed E-state index contributed by atoms with van der Waals surface area (Å²) >= 11 is 0. The Balaban J connectivity index is 1.66. The average molecular weight is 304 g/mol. The zero-order valence-corrected chi connectivity index (χ0v) is 12.0. The van der Waals surface area contributed by atoms with Gasteiger partial charge in [0.25, 0.3) is 0 Å². The Morgan fingerprint density at radius 1 is 1.27 bits per heavy atom. The highest BCUT2D eigenvalue weighted by Gasteiger charge is 2.04. The Hall–Kier alpha value is -2.63. The molecule has 116 valence electrons. The van der Waals surface area contributed by atoms with E-state index < -0.39 is 5.82 Å². The summed E-state index contributed by atoms with van der Waals surface area (Å²) in [5.41, 5.74) is 0.532. The monoisotopic (exact) mass is 304 g/mol. The van der Waals surface area contributed by atoms with Crippen LogP contribution >= 0.6 is 0 Å². The summed E-state index contributed by atoms with van der Waals surface area (Å²) in [4.78, 5) is 25.3. The van der Waals surface area contributed by atoms with Crippen LogP contribution in [0.4, 0.5) is 4.39 Å². The average Bonchev–Trinajstić information content (AvgIpc) is 2.51. The van der Waals surface area contributed by atoms with Gasteiger partial charge in [0.15, 0.2) is 11.6 Å². The van der Waals surface area contributed by atoms with Crippen LogP contribution in [-0.2, 0) is 11.3 Å². The predicted molar refractivity (Wildman–Crippen MR) is 80.0 cm³/mol. The number of benzene rings is 1. The van der Waals surface area contributed by atoms with Gasteiger partial charge in [-0.05, 0) is 30.2 Å². The Morgan fingerprint density at radius 3 is 2.86 bits per heavy atom. The molecule has 1 heterocycles. The SMILES string of the molecule is O=C(CCCOc1ccccc1F)NCc1cc[nH]c(=O)c1. The van der Waals surface area contributed by atoms with Crippen molar-refractivity contribution < 1.29 is 13.9 Å². The predicted octanol–water partition coefficient (Wildman–Crippen LogP) is 1.99. The number of amides is 1. The van der Waals surface area contributed by atoms with Gasteiger partial charge in [-0.1, -0.05) is 12.1 Å². The lowest BCUT2D eigenvalue weighted by atomic mass is 10.2. The van der Waals surface area contributed by atoms with E-state index in [1.54, 1.807) is 24.3 Å². The molecule has 2 aromatic rings. The fourth-order valence-corrected chi connectivity index (χ4v) is 1.86. The second-order valence-electron chi connectivity index (χ2n) is 4.72. The Labute approximate surface area is 127 Å². The van der Waals surface area contributed by atoms with Crippen molar-refractivity contribution in [3.8, 4) is 5.75 Å². The standard InChI is InChI=1S/C16H17FN2O3/c17-13-4-1-2-5-14(13)22-9-3-6-15(20)19-11-12-7-8-18-16(21)10-12/h1-2,4-5,7-8,10H,3,6,9,11H2,(H,18,21)(H,19,20). The van der Waals surface area contributed by atoms with E-state index in [0.717, 1.165) is 5.56 Å². The minimum absolute atomic E-state index is 0.141. The van der Waals surface area contributed by atoms with Crippen molar-refractivity contribution in [3.05, 3.63) is 64.3 Å². The third kappa shape index (κ3) is 5.05. The molecule has 5 nitrogen and oxygen atoms in total. The molecule has 2 rings (SSSR count). The number of rotatable bonds is 7. The maximum absolute atomic E-state index is 13.3. The summed E-state index contributed by atoms with van der Waals surface area (Å²) in [6.07, 6.45) is 2.29. The number of H-pyrrole nitrogens is 1. The van der Waals surface area contributed by atoms with Gasteiger partial charge in [-0.15, -0.1) is 0 Å². The molecule has 0 radical (unpaired) electrons. The number of hydrogen-bond donors (Lipinski definition) is 2. The molecular weight excluding hydrogens is 287 g/mol.